The molecule has 0 aliphatic carbocycles. The van der Waals surface area contributed by atoms with E-state index in [0.717, 1.165) is 0 Å². The molecule has 0 saturated carbocycles. The molecule has 0 aromatic carbocycles. The van der Waals surface area contributed by atoms with Crippen LogP contribution in [0.2, 0.25) is 0 Å². The lowest BCUT2D eigenvalue weighted by Crippen LogP contribution is -2.61. The second-order valence-corrected chi connectivity index (χ2v) is 2.98. The molecule has 0 aromatic rings. The van der Waals surface area contributed by atoms with E-state index in [9.17, 15) is 5.11 Å². The molecule has 0 amide bonds. The summed E-state index contributed by atoms with van der Waals surface area (Å²) >= 11 is 0. The van der Waals surface area contributed by atoms with E-state index in [1.807, 2.05) is 0 Å². The molecule has 1 aliphatic rings. The van der Waals surface area contributed by atoms with E-state index in [1.54, 1.807) is 0 Å². The lowest BCUT2D eigenvalue weighted by atomic mass is 9.93. The summed E-state index contributed by atoms with van der Waals surface area (Å²) in [6.07, 6.45) is -2.06. The highest BCUT2D eigenvalue weighted by molar-refractivity contribution is 4.93. The van der Waals surface area contributed by atoms with Gasteiger partial charge in [0, 0.05) is 0 Å². The quantitative estimate of drug-likeness (QED) is 0.394. The Kier molecular flexibility index (Phi) is 3.60. The summed E-state index contributed by atoms with van der Waals surface area (Å²) in [7, 11) is 0. The zero-order valence-electron chi connectivity index (χ0n) is 7.09. The largest absolute Gasteiger partial charge is 0.394 e. The van der Waals surface area contributed by atoms with Crippen LogP contribution in [0.4, 0.5) is 0 Å². The fraction of sp³-hybridized carbons (Fsp3) is 1.00. The van der Waals surface area contributed by atoms with Crippen molar-refractivity contribution >= 4 is 0 Å². The molecule has 6 nitrogen and oxygen atoms in total. The van der Waals surface area contributed by atoms with E-state index in [0.29, 0.717) is 0 Å². The number of aliphatic hydroxyl groups is 4. The Balaban J connectivity index is 2.72. The van der Waals surface area contributed by atoms with E-state index in [-0.39, 0.29) is 13.4 Å². The van der Waals surface area contributed by atoms with Crippen molar-refractivity contribution in [1.82, 2.24) is 0 Å². The first-order valence-corrected chi connectivity index (χ1v) is 3.96. The van der Waals surface area contributed by atoms with Crippen LogP contribution >= 0.6 is 0 Å². The molecule has 0 radical (unpaired) electrons. The molecule has 6 heteroatoms. The third-order valence-electron chi connectivity index (χ3n) is 2.23. The number of ether oxygens (including phenoxy) is 2. The van der Waals surface area contributed by atoms with Crippen LogP contribution in [0.1, 0.15) is 0 Å². The lowest BCUT2D eigenvalue weighted by Gasteiger charge is -2.42. The summed E-state index contributed by atoms with van der Waals surface area (Å²) in [4.78, 5) is 0. The second-order valence-electron chi connectivity index (χ2n) is 2.98. The van der Waals surface area contributed by atoms with Crippen molar-refractivity contribution in [1.29, 1.82) is 0 Å². The zero-order valence-corrected chi connectivity index (χ0v) is 7.09. The smallest absolute Gasteiger partial charge is 0.148 e. The summed E-state index contributed by atoms with van der Waals surface area (Å²) in [5.41, 5.74) is -1.42. The Morgan fingerprint density at radius 2 is 1.85 bits per heavy atom. The third-order valence-corrected chi connectivity index (χ3v) is 2.23. The third kappa shape index (κ3) is 1.83. The molecule has 1 rings (SSSR count). The number of aliphatic hydroxyl groups excluding tert-OH is 4. The molecule has 2 atom stereocenters. The van der Waals surface area contributed by atoms with Crippen LogP contribution in [-0.2, 0) is 9.47 Å². The van der Waals surface area contributed by atoms with Gasteiger partial charge in [0.25, 0.3) is 0 Å². The van der Waals surface area contributed by atoms with Gasteiger partial charge in [0.2, 0.25) is 0 Å². The van der Waals surface area contributed by atoms with Crippen molar-refractivity contribution in [3.05, 3.63) is 0 Å². The van der Waals surface area contributed by atoms with Gasteiger partial charge in [-0.15, -0.1) is 0 Å². The van der Waals surface area contributed by atoms with Gasteiger partial charge in [-0.2, -0.15) is 0 Å². The van der Waals surface area contributed by atoms with Crippen LogP contribution in [0.25, 0.3) is 0 Å². The standard InChI is InChI=1S/C7H14O6/c8-1-5-6(11)7(2-9,3-10)13-4-12-5/h5-6,8-11H,1-4H2/t5-,6+/m0/s1. The Morgan fingerprint density at radius 3 is 2.31 bits per heavy atom. The van der Waals surface area contributed by atoms with Crippen molar-refractivity contribution in [2.75, 3.05) is 26.6 Å². The molecule has 0 unspecified atom stereocenters. The number of hydrogen-bond donors (Lipinski definition) is 4. The molecule has 1 saturated heterocycles. The molecule has 13 heavy (non-hydrogen) atoms. The van der Waals surface area contributed by atoms with E-state index in [4.69, 9.17) is 24.8 Å². The maximum Gasteiger partial charge on any atom is 0.148 e. The molecule has 0 bridgehead atoms. The number of rotatable bonds is 3. The molecular weight excluding hydrogens is 180 g/mol. The highest BCUT2D eigenvalue weighted by atomic mass is 16.7. The second kappa shape index (κ2) is 4.32. The summed E-state index contributed by atoms with van der Waals surface area (Å²) in [5.74, 6) is 0. The summed E-state index contributed by atoms with van der Waals surface area (Å²) < 4.78 is 9.78. The van der Waals surface area contributed by atoms with E-state index in [2.05, 4.69) is 0 Å². The minimum atomic E-state index is -1.42. The van der Waals surface area contributed by atoms with Gasteiger partial charge in [0.15, 0.2) is 0 Å². The summed E-state index contributed by atoms with van der Waals surface area (Å²) in [5, 5.41) is 36.2. The Morgan fingerprint density at radius 1 is 1.23 bits per heavy atom. The predicted molar refractivity (Wildman–Crippen MR) is 40.8 cm³/mol. The highest BCUT2D eigenvalue weighted by Gasteiger charge is 2.46. The molecule has 0 spiro atoms. The maximum absolute atomic E-state index is 9.55. The fourth-order valence-electron chi connectivity index (χ4n) is 1.23. The SMILES string of the molecule is OC[C@@H]1OCOC(CO)(CO)[C@@H]1O. The minimum absolute atomic E-state index is 0.163. The van der Waals surface area contributed by atoms with Gasteiger partial charge in [-0.25, -0.2) is 0 Å². The van der Waals surface area contributed by atoms with Crippen LogP contribution in [0.3, 0.4) is 0 Å². The van der Waals surface area contributed by atoms with Crippen LogP contribution in [0, 0.1) is 0 Å². The molecule has 78 valence electrons. The van der Waals surface area contributed by atoms with Crippen LogP contribution < -0.4 is 0 Å². The van der Waals surface area contributed by atoms with Gasteiger partial charge >= 0.3 is 0 Å². The maximum atomic E-state index is 9.55. The lowest BCUT2D eigenvalue weighted by molar-refractivity contribution is -0.299. The van der Waals surface area contributed by atoms with Gasteiger partial charge in [0.1, 0.15) is 24.6 Å². The van der Waals surface area contributed by atoms with Crippen LogP contribution in [0.15, 0.2) is 0 Å². The van der Waals surface area contributed by atoms with Gasteiger partial charge in [-0.1, -0.05) is 0 Å². The average Bonchev–Trinajstić information content (AvgIpc) is 2.19. The zero-order chi connectivity index (χ0) is 9.90. The number of hydrogen-bond acceptors (Lipinski definition) is 6. The van der Waals surface area contributed by atoms with Gasteiger partial charge in [-0.3, -0.25) is 0 Å². The van der Waals surface area contributed by atoms with E-state index >= 15 is 0 Å². The van der Waals surface area contributed by atoms with E-state index in [1.165, 1.54) is 0 Å². The van der Waals surface area contributed by atoms with Crippen molar-refractivity contribution in [3.63, 3.8) is 0 Å². The Hall–Kier alpha value is -0.240. The average molecular weight is 194 g/mol. The van der Waals surface area contributed by atoms with Gasteiger partial charge in [-0.05, 0) is 0 Å². The Labute approximate surface area is 75.3 Å². The summed E-state index contributed by atoms with van der Waals surface area (Å²) in [6.45, 7) is -1.59. The minimum Gasteiger partial charge on any atom is -0.394 e. The molecule has 4 N–H and O–H groups in total. The van der Waals surface area contributed by atoms with Gasteiger partial charge < -0.3 is 29.9 Å². The molecule has 1 heterocycles. The van der Waals surface area contributed by atoms with Crippen LogP contribution in [-0.4, -0.2) is 64.8 Å². The summed E-state index contributed by atoms with van der Waals surface area (Å²) in [6, 6.07) is 0. The predicted octanol–water partition coefficient (Wildman–Crippen LogP) is -2.56. The van der Waals surface area contributed by atoms with E-state index < -0.39 is 31.0 Å². The molecule has 0 aromatic heterocycles. The molecular formula is C7H14O6. The van der Waals surface area contributed by atoms with Crippen LogP contribution in [0.5, 0.6) is 0 Å². The van der Waals surface area contributed by atoms with Gasteiger partial charge in [0.05, 0.1) is 19.8 Å². The van der Waals surface area contributed by atoms with Crippen molar-refractivity contribution in [2.45, 2.75) is 17.8 Å². The normalized spacial score (nSPS) is 33.2. The molecule has 1 fully saturated rings. The van der Waals surface area contributed by atoms with Crippen molar-refractivity contribution in [2.24, 2.45) is 0 Å². The first kappa shape index (κ1) is 10.8. The topological polar surface area (TPSA) is 99.4 Å². The first-order chi connectivity index (χ1) is 6.20. The van der Waals surface area contributed by atoms with Crippen molar-refractivity contribution < 1.29 is 29.9 Å². The van der Waals surface area contributed by atoms with Crippen molar-refractivity contribution in [3.8, 4) is 0 Å². The fourth-order valence-corrected chi connectivity index (χ4v) is 1.23. The highest BCUT2D eigenvalue weighted by Crippen LogP contribution is 2.24. The first-order valence-electron chi connectivity index (χ1n) is 3.96. The monoisotopic (exact) mass is 194 g/mol. The molecule has 1 aliphatic heterocycles. The Bertz CT molecular complexity index is 157.